The summed E-state index contributed by atoms with van der Waals surface area (Å²) in [5.74, 6) is -0.868. The number of ether oxygens (including phenoxy) is 1. The Morgan fingerprint density at radius 1 is 1.06 bits per heavy atom. The van der Waals surface area contributed by atoms with Crippen LogP contribution in [0.5, 0.6) is 0 Å². The Balaban J connectivity index is 1.59. The Morgan fingerprint density at radius 2 is 1.76 bits per heavy atom. The number of likely N-dealkylation sites (tertiary alicyclic amines) is 1. The molecule has 3 aromatic rings. The van der Waals surface area contributed by atoms with Gasteiger partial charge in [-0.25, -0.2) is 4.79 Å². The van der Waals surface area contributed by atoms with Gasteiger partial charge in [0.2, 0.25) is 5.91 Å². The lowest BCUT2D eigenvalue weighted by molar-refractivity contribution is -0.147. The number of carboxylic acids is 1. The van der Waals surface area contributed by atoms with Crippen LogP contribution in [-0.2, 0) is 22.7 Å². The van der Waals surface area contributed by atoms with E-state index in [9.17, 15) is 9.59 Å². The number of rotatable bonds is 7. The van der Waals surface area contributed by atoms with E-state index in [1.54, 1.807) is 24.3 Å². The molecular weight excluding hydrogens is 438 g/mol. The van der Waals surface area contributed by atoms with Gasteiger partial charge in [-0.15, -0.1) is 0 Å². The van der Waals surface area contributed by atoms with Gasteiger partial charge in [-0.05, 0) is 54.3 Å². The third-order valence-electron chi connectivity index (χ3n) is 5.98. The number of carboxylic acid groups (broad SMARTS) is 1. The topological polar surface area (TPSA) is 66.8 Å². The lowest BCUT2D eigenvalue weighted by Gasteiger charge is -2.41. The van der Waals surface area contributed by atoms with Gasteiger partial charge >= 0.3 is 5.97 Å². The third-order valence-corrected chi connectivity index (χ3v) is 6.21. The summed E-state index contributed by atoms with van der Waals surface area (Å²) >= 11 is 6.29. The molecule has 170 valence electrons. The van der Waals surface area contributed by atoms with Gasteiger partial charge in [0.05, 0.1) is 24.3 Å². The van der Waals surface area contributed by atoms with Crippen LogP contribution in [0.3, 0.4) is 0 Å². The predicted octanol–water partition coefficient (Wildman–Crippen LogP) is 5.80. The highest BCUT2D eigenvalue weighted by Crippen LogP contribution is 2.36. The Kier molecular flexibility index (Phi) is 7.11. The summed E-state index contributed by atoms with van der Waals surface area (Å²) in [7, 11) is 0. The summed E-state index contributed by atoms with van der Waals surface area (Å²) < 4.78 is 6.33. The van der Waals surface area contributed by atoms with E-state index in [0.29, 0.717) is 31.0 Å². The average molecular weight is 464 g/mol. The molecule has 1 aliphatic rings. The van der Waals surface area contributed by atoms with E-state index in [0.717, 1.165) is 16.7 Å². The number of benzene rings is 3. The van der Waals surface area contributed by atoms with Crippen LogP contribution in [0.25, 0.3) is 0 Å². The Hall–Kier alpha value is -3.15. The molecule has 6 heteroatoms. The minimum absolute atomic E-state index is 0.0891. The van der Waals surface area contributed by atoms with Crippen molar-refractivity contribution in [1.82, 2.24) is 4.90 Å². The van der Waals surface area contributed by atoms with Crippen LogP contribution in [0.4, 0.5) is 0 Å². The van der Waals surface area contributed by atoms with Gasteiger partial charge in [0.15, 0.2) is 0 Å². The van der Waals surface area contributed by atoms with Crippen molar-refractivity contribution in [2.45, 2.75) is 45.1 Å². The summed E-state index contributed by atoms with van der Waals surface area (Å²) in [4.78, 5) is 26.0. The maximum absolute atomic E-state index is 13.0. The first-order valence-electron chi connectivity index (χ1n) is 10.9. The number of amides is 1. The van der Waals surface area contributed by atoms with E-state index in [1.807, 2.05) is 60.4 Å². The molecule has 1 amide bonds. The highest BCUT2D eigenvalue weighted by Gasteiger charge is 2.37. The fourth-order valence-electron chi connectivity index (χ4n) is 4.21. The number of piperidine rings is 1. The quantitative estimate of drug-likeness (QED) is 0.481. The van der Waals surface area contributed by atoms with Gasteiger partial charge in [0.25, 0.3) is 0 Å². The monoisotopic (exact) mass is 463 g/mol. The van der Waals surface area contributed by atoms with Crippen molar-refractivity contribution in [3.8, 4) is 0 Å². The minimum Gasteiger partial charge on any atom is -0.478 e. The van der Waals surface area contributed by atoms with E-state index >= 15 is 0 Å². The maximum Gasteiger partial charge on any atom is 0.335 e. The molecule has 0 spiro atoms. The van der Waals surface area contributed by atoms with Gasteiger partial charge in [-0.1, -0.05) is 65.7 Å². The molecule has 0 saturated carbocycles. The standard InChI is InChI=1S/C27H26ClNO4/c1-18-5-7-19(8-6-18)16-29-25(30)14-13-24(26(29)22-3-2-4-23(28)15-22)33-17-20-9-11-21(12-10-20)27(31)32/h2-12,15,24,26H,13-14,16-17H2,1H3,(H,31,32)/t24-,26+/m0/s1. The fraction of sp³-hybridized carbons (Fsp3) is 0.259. The molecule has 0 bridgehead atoms. The van der Waals surface area contributed by atoms with Crippen molar-refractivity contribution in [3.63, 3.8) is 0 Å². The highest BCUT2D eigenvalue weighted by molar-refractivity contribution is 6.30. The molecule has 2 atom stereocenters. The van der Waals surface area contributed by atoms with Gasteiger partial charge in [-0.3, -0.25) is 4.79 Å². The number of carbonyl (C=O) groups excluding carboxylic acids is 1. The summed E-state index contributed by atoms with van der Waals surface area (Å²) in [6, 6.07) is 22.2. The van der Waals surface area contributed by atoms with Crippen LogP contribution in [0.2, 0.25) is 5.02 Å². The number of nitrogens with zero attached hydrogens (tertiary/aromatic N) is 1. The molecule has 1 heterocycles. The number of aromatic carboxylic acids is 1. The third kappa shape index (κ3) is 5.62. The zero-order valence-electron chi connectivity index (χ0n) is 18.4. The first-order chi connectivity index (χ1) is 15.9. The van der Waals surface area contributed by atoms with Crippen molar-refractivity contribution in [3.05, 3.63) is 106 Å². The molecule has 1 N–H and O–H groups in total. The van der Waals surface area contributed by atoms with E-state index < -0.39 is 5.97 Å². The van der Waals surface area contributed by atoms with Gasteiger partial charge in [-0.2, -0.15) is 0 Å². The largest absolute Gasteiger partial charge is 0.478 e. The fourth-order valence-corrected chi connectivity index (χ4v) is 4.40. The van der Waals surface area contributed by atoms with Gasteiger partial charge < -0.3 is 14.7 Å². The molecule has 3 aromatic carbocycles. The van der Waals surface area contributed by atoms with Crippen LogP contribution in [-0.4, -0.2) is 28.0 Å². The van der Waals surface area contributed by atoms with Crippen molar-refractivity contribution in [2.75, 3.05) is 0 Å². The lowest BCUT2D eigenvalue weighted by atomic mass is 9.91. The number of hydrogen-bond donors (Lipinski definition) is 1. The summed E-state index contributed by atoms with van der Waals surface area (Å²) in [5, 5.41) is 9.72. The van der Waals surface area contributed by atoms with Crippen LogP contribution in [0.15, 0.2) is 72.8 Å². The van der Waals surface area contributed by atoms with E-state index in [2.05, 4.69) is 0 Å². The Bertz CT molecular complexity index is 1130. The predicted molar refractivity (Wildman–Crippen MR) is 127 cm³/mol. The SMILES string of the molecule is Cc1ccc(CN2C(=O)CC[C@H](OCc3ccc(C(=O)O)cc3)[C@H]2c2cccc(Cl)c2)cc1. The maximum atomic E-state index is 13.0. The smallest absolute Gasteiger partial charge is 0.335 e. The highest BCUT2D eigenvalue weighted by atomic mass is 35.5. The molecule has 33 heavy (non-hydrogen) atoms. The number of hydrogen-bond acceptors (Lipinski definition) is 3. The van der Waals surface area contributed by atoms with Crippen LogP contribution in [0, 0.1) is 6.92 Å². The second kappa shape index (κ2) is 10.2. The molecule has 5 nitrogen and oxygen atoms in total. The van der Waals surface area contributed by atoms with Crippen LogP contribution < -0.4 is 0 Å². The molecule has 0 aliphatic carbocycles. The van der Waals surface area contributed by atoms with Gasteiger partial charge in [0.1, 0.15) is 0 Å². The molecule has 0 aromatic heterocycles. The Morgan fingerprint density at radius 3 is 2.42 bits per heavy atom. The van der Waals surface area contributed by atoms with Crippen LogP contribution in [0.1, 0.15) is 51.5 Å². The van der Waals surface area contributed by atoms with Crippen LogP contribution >= 0.6 is 11.6 Å². The Labute approximate surface area is 198 Å². The minimum atomic E-state index is -0.957. The van der Waals surface area contributed by atoms with E-state index in [1.165, 1.54) is 5.56 Å². The van der Waals surface area contributed by atoms with E-state index in [-0.39, 0.29) is 23.6 Å². The second-order valence-corrected chi connectivity index (χ2v) is 8.83. The molecule has 1 fully saturated rings. The molecule has 1 aliphatic heterocycles. The first kappa shape index (κ1) is 23.0. The molecule has 0 unspecified atom stereocenters. The van der Waals surface area contributed by atoms with Crippen molar-refractivity contribution in [2.24, 2.45) is 0 Å². The lowest BCUT2D eigenvalue weighted by Crippen LogP contribution is -2.45. The van der Waals surface area contributed by atoms with Gasteiger partial charge in [0, 0.05) is 18.0 Å². The second-order valence-electron chi connectivity index (χ2n) is 8.40. The summed E-state index contributed by atoms with van der Waals surface area (Å²) in [6.07, 6.45) is 0.796. The number of carbonyl (C=O) groups is 2. The summed E-state index contributed by atoms with van der Waals surface area (Å²) in [5.41, 5.74) is 4.29. The number of aryl methyl sites for hydroxylation is 1. The van der Waals surface area contributed by atoms with Crippen molar-refractivity contribution in [1.29, 1.82) is 0 Å². The van der Waals surface area contributed by atoms with E-state index in [4.69, 9.17) is 21.4 Å². The zero-order chi connectivity index (χ0) is 23.4. The molecule has 0 radical (unpaired) electrons. The molecule has 4 rings (SSSR count). The molecular formula is C27H26ClNO4. The molecule has 1 saturated heterocycles. The van der Waals surface area contributed by atoms with Crippen molar-refractivity contribution >= 4 is 23.5 Å². The average Bonchev–Trinajstić information content (AvgIpc) is 2.81. The zero-order valence-corrected chi connectivity index (χ0v) is 19.2. The van der Waals surface area contributed by atoms with Crippen molar-refractivity contribution < 1.29 is 19.4 Å². The normalized spacial score (nSPS) is 18.4. The summed E-state index contributed by atoms with van der Waals surface area (Å²) in [6.45, 7) is 2.86. The first-order valence-corrected chi connectivity index (χ1v) is 11.3. The number of halogens is 1.